The molecule has 9 heteroatoms. The van der Waals surface area contributed by atoms with Crippen LogP contribution >= 0.6 is 11.3 Å². The Morgan fingerprint density at radius 1 is 1.00 bits per heavy atom. The summed E-state index contributed by atoms with van der Waals surface area (Å²) in [4.78, 5) is 32.4. The number of thiazole rings is 1. The summed E-state index contributed by atoms with van der Waals surface area (Å²) in [6.45, 7) is 4.07. The summed E-state index contributed by atoms with van der Waals surface area (Å²) in [5.41, 5.74) is 2.88. The Labute approximate surface area is 241 Å². The Balaban J connectivity index is 1.65. The van der Waals surface area contributed by atoms with E-state index in [9.17, 15) is 9.59 Å². The van der Waals surface area contributed by atoms with E-state index in [2.05, 4.69) is 4.99 Å². The van der Waals surface area contributed by atoms with Crippen molar-refractivity contribution in [2.24, 2.45) is 4.99 Å². The monoisotopic (exact) mass is 570 g/mol. The lowest BCUT2D eigenvalue weighted by molar-refractivity contribution is -0.139. The fourth-order valence-electron chi connectivity index (χ4n) is 4.74. The van der Waals surface area contributed by atoms with Crippen LogP contribution in [-0.2, 0) is 16.1 Å². The van der Waals surface area contributed by atoms with Gasteiger partial charge in [0.1, 0.15) is 29.9 Å². The maximum atomic E-state index is 14.0. The Morgan fingerprint density at radius 3 is 2.49 bits per heavy atom. The van der Waals surface area contributed by atoms with Gasteiger partial charge in [-0.05, 0) is 43.7 Å². The van der Waals surface area contributed by atoms with E-state index in [1.807, 2.05) is 54.6 Å². The number of esters is 1. The van der Waals surface area contributed by atoms with Crippen molar-refractivity contribution in [3.8, 4) is 17.2 Å². The van der Waals surface area contributed by atoms with Crippen LogP contribution in [0.2, 0.25) is 0 Å². The van der Waals surface area contributed by atoms with Gasteiger partial charge in [0.2, 0.25) is 0 Å². The highest BCUT2D eigenvalue weighted by molar-refractivity contribution is 7.07. The Kier molecular flexibility index (Phi) is 8.35. The number of fused-ring (bicyclic) bond motifs is 1. The lowest BCUT2D eigenvalue weighted by Gasteiger charge is -2.26. The highest BCUT2D eigenvalue weighted by Crippen LogP contribution is 2.37. The molecule has 1 atom stereocenters. The number of ether oxygens (including phenoxy) is 4. The van der Waals surface area contributed by atoms with Gasteiger partial charge in [-0.3, -0.25) is 9.36 Å². The van der Waals surface area contributed by atoms with E-state index in [-0.39, 0.29) is 17.7 Å². The van der Waals surface area contributed by atoms with E-state index < -0.39 is 12.0 Å². The molecule has 41 heavy (non-hydrogen) atoms. The zero-order valence-electron chi connectivity index (χ0n) is 23.2. The fraction of sp³-hybridized carbons (Fsp3) is 0.219. The van der Waals surface area contributed by atoms with Gasteiger partial charge in [0, 0.05) is 17.2 Å². The number of hydrogen-bond acceptors (Lipinski definition) is 8. The summed E-state index contributed by atoms with van der Waals surface area (Å²) in [6, 6.07) is 21.9. The molecule has 0 saturated carbocycles. The summed E-state index contributed by atoms with van der Waals surface area (Å²) in [6.07, 6.45) is 1.80. The van der Waals surface area contributed by atoms with Crippen LogP contribution in [0.1, 0.15) is 36.6 Å². The summed E-state index contributed by atoms with van der Waals surface area (Å²) < 4.78 is 24.6. The first kappa shape index (κ1) is 27.9. The minimum absolute atomic E-state index is 0.187. The second-order valence-electron chi connectivity index (χ2n) is 9.22. The Morgan fingerprint density at radius 2 is 1.76 bits per heavy atom. The van der Waals surface area contributed by atoms with E-state index in [1.54, 1.807) is 45.2 Å². The molecule has 0 spiro atoms. The van der Waals surface area contributed by atoms with Crippen LogP contribution in [0, 0.1) is 0 Å². The third-order valence-corrected chi connectivity index (χ3v) is 7.68. The summed E-state index contributed by atoms with van der Waals surface area (Å²) in [5.74, 6) is 1.17. The molecule has 0 saturated heterocycles. The second-order valence-corrected chi connectivity index (χ2v) is 10.2. The van der Waals surface area contributed by atoms with E-state index in [0.29, 0.717) is 44.4 Å². The van der Waals surface area contributed by atoms with Gasteiger partial charge in [0.15, 0.2) is 4.80 Å². The molecule has 0 fully saturated rings. The number of carbonyl (C=O) groups is 1. The van der Waals surface area contributed by atoms with Crippen molar-refractivity contribution in [3.63, 3.8) is 0 Å². The van der Waals surface area contributed by atoms with Gasteiger partial charge in [-0.25, -0.2) is 9.79 Å². The van der Waals surface area contributed by atoms with Gasteiger partial charge < -0.3 is 18.9 Å². The Hall–Kier alpha value is -4.63. The molecule has 5 rings (SSSR count). The van der Waals surface area contributed by atoms with Crippen LogP contribution in [0.4, 0.5) is 0 Å². The standard InChI is InChI=1S/C32H30N2O6S/c1-5-39-31(36)28-20(2)33-32-34(29(28)24-16-15-23(37-3)18-26(24)38-4)30(35)27(41-32)17-22-13-9-10-14-25(22)40-19-21-11-7-6-8-12-21/h6-18,29H,5,19H2,1-4H3/b27-17-/t29-/m0/s1. The van der Waals surface area contributed by atoms with Gasteiger partial charge in [-0.2, -0.15) is 0 Å². The van der Waals surface area contributed by atoms with Gasteiger partial charge in [0.05, 0.1) is 36.6 Å². The number of aromatic nitrogens is 1. The quantitative estimate of drug-likeness (QED) is 0.277. The highest BCUT2D eigenvalue weighted by atomic mass is 32.1. The molecule has 0 N–H and O–H groups in total. The fourth-order valence-corrected chi connectivity index (χ4v) is 5.78. The van der Waals surface area contributed by atoms with Crippen LogP contribution in [0.25, 0.3) is 6.08 Å². The number of methoxy groups -OCH3 is 2. The molecule has 210 valence electrons. The molecule has 0 radical (unpaired) electrons. The largest absolute Gasteiger partial charge is 0.497 e. The van der Waals surface area contributed by atoms with Crippen LogP contribution < -0.4 is 29.1 Å². The molecule has 1 aliphatic rings. The molecule has 8 nitrogen and oxygen atoms in total. The summed E-state index contributed by atoms with van der Waals surface area (Å²) in [7, 11) is 3.10. The molecule has 4 aromatic rings. The maximum Gasteiger partial charge on any atom is 0.338 e. The lowest BCUT2D eigenvalue weighted by atomic mass is 9.95. The second kappa shape index (κ2) is 12.3. The highest BCUT2D eigenvalue weighted by Gasteiger charge is 2.35. The third-order valence-electron chi connectivity index (χ3n) is 6.70. The molecule has 1 aromatic heterocycles. The first-order chi connectivity index (χ1) is 19.9. The van der Waals surface area contributed by atoms with Gasteiger partial charge >= 0.3 is 5.97 Å². The number of nitrogens with zero attached hydrogens (tertiary/aromatic N) is 2. The van der Waals surface area contributed by atoms with E-state index >= 15 is 0 Å². The Bertz CT molecular complexity index is 1790. The smallest absolute Gasteiger partial charge is 0.338 e. The minimum Gasteiger partial charge on any atom is -0.497 e. The summed E-state index contributed by atoms with van der Waals surface area (Å²) >= 11 is 1.25. The minimum atomic E-state index is -0.808. The number of para-hydroxylation sites is 1. The number of benzene rings is 3. The van der Waals surface area contributed by atoms with Crippen LogP contribution in [0.5, 0.6) is 17.2 Å². The molecule has 0 amide bonds. The van der Waals surface area contributed by atoms with Crippen molar-refractivity contribution in [2.75, 3.05) is 20.8 Å². The number of carbonyl (C=O) groups excluding carboxylic acids is 1. The van der Waals surface area contributed by atoms with Crippen LogP contribution in [0.15, 0.2) is 93.9 Å². The first-order valence-electron chi connectivity index (χ1n) is 13.1. The molecule has 2 heterocycles. The normalized spacial score (nSPS) is 14.7. The average molecular weight is 571 g/mol. The van der Waals surface area contributed by atoms with Gasteiger partial charge in [-0.15, -0.1) is 0 Å². The molecule has 0 unspecified atom stereocenters. The van der Waals surface area contributed by atoms with Crippen LogP contribution in [0.3, 0.4) is 0 Å². The van der Waals surface area contributed by atoms with Crippen molar-refractivity contribution in [1.29, 1.82) is 0 Å². The van der Waals surface area contributed by atoms with Crippen molar-refractivity contribution < 1.29 is 23.7 Å². The van der Waals surface area contributed by atoms with E-state index in [4.69, 9.17) is 18.9 Å². The first-order valence-corrected chi connectivity index (χ1v) is 13.9. The summed E-state index contributed by atoms with van der Waals surface area (Å²) in [5, 5.41) is 0. The average Bonchev–Trinajstić information content (AvgIpc) is 3.30. The van der Waals surface area contributed by atoms with Crippen molar-refractivity contribution in [3.05, 3.63) is 120 Å². The lowest BCUT2D eigenvalue weighted by Crippen LogP contribution is -2.40. The van der Waals surface area contributed by atoms with Gasteiger partial charge in [0.25, 0.3) is 5.56 Å². The maximum absolute atomic E-state index is 14.0. The van der Waals surface area contributed by atoms with Crippen molar-refractivity contribution in [2.45, 2.75) is 26.5 Å². The van der Waals surface area contributed by atoms with Crippen LogP contribution in [-0.4, -0.2) is 31.4 Å². The zero-order valence-corrected chi connectivity index (χ0v) is 24.1. The topological polar surface area (TPSA) is 88.4 Å². The molecule has 0 bridgehead atoms. The number of rotatable bonds is 9. The van der Waals surface area contributed by atoms with Crippen molar-refractivity contribution in [1.82, 2.24) is 4.57 Å². The van der Waals surface area contributed by atoms with E-state index in [0.717, 1.165) is 11.1 Å². The zero-order chi connectivity index (χ0) is 28.9. The molecule has 1 aliphatic heterocycles. The molecule has 0 aliphatic carbocycles. The molecule has 3 aromatic carbocycles. The predicted octanol–water partition coefficient (Wildman–Crippen LogP) is 4.39. The number of hydrogen-bond donors (Lipinski definition) is 0. The van der Waals surface area contributed by atoms with E-state index in [1.165, 1.54) is 23.0 Å². The molecular weight excluding hydrogens is 540 g/mol. The van der Waals surface area contributed by atoms with Crippen molar-refractivity contribution >= 4 is 23.4 Å². The SMILES string of the molecule is CCOC(=O)C1=C(C)N=c2s/c(=C\c3ccccc3OCc3ccccc3)c(=O)n2[C@H]1c1ccc(OC)cc1OC. The third kappa shape index (κ3) is 5.67. The molecular formula is C32H30N2O6S. The van der Waals surface area contributed by atoms with Gasteiger partial charge in [-0.1, -0.05) is 59.9 Å². The predicted molar refractivity (Wildman–Crippen MR) is 157 cm³/mol. The number of allylic oxidation sites excluding steroid dienone is 1.